The average Bonchev–Trinajstić information content (AvgIpc) is 2.24. The van der Waals surface area contributed by atoms with E-state index in [0.717, 1.165) is 19.3 Å². The van der Waals surface area contributed by atoms with Gasteiger partial charge in [0.25, 0.3) is 10.2 Å². The number of aliphatic hydroxyl groups excluding tert-OH is 1. The second-order valence-electron chi connectivity index (χ2n) is 3.91. The molecule has 6 heteroatoms. The van der Waals surface area contributed by atoms with Crippen LogP contribution in [0.3, 0.4) is 0 Å². The fraction of sp³-hybridized carbons (Fsp3) is 1.00. The maximum Gasteiger partial charge on any atom is 0.276 e. The molecule has 0 rings (SSSR count). The molecule has 5 nitrogen and oxygen atoms in total. The maximum absolute atomic E-state index is 11.4. The van der Waals surface area contributed by atoms with Crippen LogP contribution in [0.4, 0.5) is 0 Å². The van der Waals surface area contributed by atoms with Crippen molar-refractivity contribution in [3.8, 4) is 0 Å². The molecule has 0 aromatic rings. The predicted molar refractivity (Wildman–Crippen MR) is 65.3 cm³/mol. The molecule has 1 atom stereocenters. The Kier molecular flexibility index (Phi) is 8.83. The van der Waals surface area contributed by atoms with Crippen molar-refractivity contribution in [1.29, 1.82) is 0 Å². The molecule has 98 valence electrons. The summed E-state index contributed by atoms with van der Waals surface area (Å²) in [5.74, 6) is 0.216. The summed E-state index contributed by atoms with van der Waals surface area (Å²) in [7, 11) is -3.36. The van der Waals surface area contributed by atoms with Gasteiger partial charge in [-0.25, -0.2) is 9.44 Å². The number of aliphatic hydroxyl groups is 1. The molecule has 0 aliphatic rings. The van der Waals surface area contributed by atoms with Crippen LogP contribution in [0.2, 0.25) is 0 Å². The fourth-order valence-electron chi connectivity index (χ4n) is 1.45. The zero-order valence-electron chi connectivity index (χ0n) is 10.2. The SMILES string of the molecule is CCCNS(=O)(=O)NCC(CCC)CCO. The Morgan fingerprint density at radius 2 is 1.81 bits per heavy atom. The second-order valence-corrected chi connectivity index (χ2v) is 5.50. The van der Waals surface area contributed by atoms with Gasteiger partial charge in [0.05, 0.1) is 0 Å². The van der Waals surface area contributed by atoms with Crippen LogP contribution in [-0.4, -0.2) is 33.2 Å². The minimum absolute atomic E-state index is 0.106. The summed E-state index contributed by atoms with van der Waals surface area (Å²) >= 11 is 0. The van der Waals surface area contributed by atoms with E-state index in [1.165, 1.54) is 0 Å². The van der Waals surface area contributed by atoms with Crippen molar-refractivity contribution in [2.45, 2.75) is 39.5 Å². The van der Waals surface area contributed by atoms with Gasteiger partial charge in [0, 0.05) is 19.7 Å². The van der Waals surface area contributed by atoms with E-state index in [0.29, 0.717) is 19.5 Å². The molecule has 0 aromatic carbocycles. The van der Waals surface area contributed by atoms with E-state index < -0.39 is 10.2 Å². The van der Waals surface area contributed by atoms with Gasteiger partial charge in [0.15, 0.2) is 0 Å². The Labute approximate surface area is 98.8 Å². The van der Waals surface area contributed by atoms with Crippen LogP contribution in [-0.2, 0) is 10.2 Å². The van der Waals surface area contributed by atoms with Gasteiger partial charge in [0.1, 0.15) is 0 Å². The molecule has 0 spiro atoms. The Bertz CT molecular complexity index is 249. The molecule has 0 amide bonds. The summed E-state index contributed by atoms with van der Waals surface area (Å²) in [4.78, 5) is 0. The smallest absolute Gasteiger partial charge is 0.276 e. The van der Waals surface area contributed by atoms with Crippen molar-refractivity contribution in [2.24, 2.45) is 5.92 Å². The summed E-state index contributed by atoms with van der Waals surface area (Å²) < 4.78 is 27.8. The van der Waals surface area contributed by atoms with Gasteiger partial charge < -0.3 is 5.11 Å². The number of nitrogens with one attached hydrogen (secondary N) is 2. The van der Waals surface area contributed by atoms with Crippen LogP contribution in [0.15, 0.2) is 0 Å². The fourth-order valence-corrected chi connectivity index (χ4v) is 2.48. The first-order valence-electron chi connectivity index (χ1n) is 5.90. The minimum Gasteiger partial charge on any atom is -0.396 e. The summed E-state index contributed by atoms with van der Waals surface area (Å²) in [6.07, 6.45) is 3.34. The molecule has 16 heavy (non-hydrogen) atoms. The highest BCUT2D eigenvalue weighted by Crippen LogP contribution is 2.09. The molecule has 0 saturated carbocycles. The second kappa shape index (κ2) is 8.92. The molecule has 0 aliphatic carbocycles. The first-order chi connectivity index (χ1) is 7.55. The van der Waals surface area contributed by atoms with Crippen LogP contribution in [0.5, 0.6) is 0 Å². The molecule has 3 N–H and O–H groups in total. The molecule has 0 aromatic heterocycles. The zero-order chi connectivity index (χ0) is 12.4. The van der Waals surface area contributed by atoms with Crippen molar-refractivity contribution >= 4 is 10.2 Å². The van der Waals surface area contributed by atoms with Crippen molar-refractivity contribution in [1.82, 2.24) is 9.44 Å². The molecule has 1 unspecified atom stereocenters. The summed E-state index contributed by atoms with van der Waals surface area (Å²) in [6.45, 7) is 4.92. The van der Waals surface area contributed by atoms with Gasteiger partial charge in [-0.15, -0.1) is 0 Å². The van der Waals surface area contributed by atoms with E-state index in [9.17, 15) is 8.42 Å². The highest BCUT2D eigenvalue weighted by atomic mass is 32.2. The maximum atomic E-state index is 11.4. The lowest BCUT2D eigenvalue weighted by molar-refractivity contribution is 0.251. The van der Waals surface area contributed by atoms with E-state index in [-0.39, 0.29) is 12.5 Å². The van der Waals surface area contributed by atoms with Gasteiger partial charge in [-0.1, -0.05) is 20.3 Å². The van der Waals surface area contributed by atoms with E-state index in [2.05, 4.69) is 9.44 Å². The van der Waals surface area contributed by atoms with E-state index in [1.54, 1.807) is 0 Å². The lowest BCUT2D eigenvalue weighted by Crippen LogP contribution is -2.39. The number of rotatable bonds is 10. The first-order valence-corrected chi connectivity index (χ1v) is 7.39. The lowest BCUT2D eigenvalue weighted by atomic mass is 10.0. The van der Waals surface area contributed by atoms with Gasteiger partial charge in [0.2, 0.25) is 0 Å². The molecule has 0 fully saturated rings. The van der Waals surface area contributed by atoms with Crippen LogP contribution in [0, 0.1) is 5.92 Å². The zero-order valence-corrected chi connectivity index (χ0v) is 11.0. The average molecular weight is 252 g/mol. The summed E-state index contributed by atoms with van der Waals surface area (Å²) in [5, 5.41) is 8.84. The van der Waals surface area contributed by atoms with Crippen LogP contribution < -0.4 is 9.44 Å². The molecular formula is C10H24N2O3S. The highest BCUT2D eigenvalue weighted by Gasteiger charge is 2.12. The van der Waals surface area contributed by atoms with Crippen molar-refractivity contribution < 1.29 is 13.5 Å². The lowest BCUT2D eigenvalue weighted by Gasteiger charge is -2.15. The molecular weight excluding hydrogens is 228 g/mol. The highest BCUT2D eigenvalue weighted by molar-refractivity contribution is 7.87. The standard InChI is InChI=1S/C10H24N2O3S/c1-3-5-10(6-8-13)9-12-16(14,15)11-7-4-2/h10-13H,3-9H2,1-2H3. The largest absolute Gasteiger partial charge is 0.396 e. The molecule has 0 bridgehead atoms. The van der Waals surface area contributed by atoms with Crippen molar-refractivity contribution in [2.75, 3.05) is 19.7 Å². The Morgan fingerprint density at radius 1 is 1.12 bits per heavy atom. The van der Waals surface area contributed by atoms with Gasteiger partial charge in [-0.3, -0.25) is 0 Å². The Morgan fingerprint density at radius 3 is 2.31 bits per heavy atom. The van der Waals surface area contributed by atoms with E-state index in [1.807, 2.05) is 13.8 Å². The van der Waals surface area contributed by atoms with Crippen molar-refractivity contribution in [3.63, 3.8) is 0 Å². The third-order valence-corrected chi connectivity index (χ3v) is 3.47. The Hall–Kier alpha value is -0.170. The number of hydrogen-bond acceptors (Lipinski definition) is 3. The quantitative estimate of drug-likeness (QED) is 0.533. The monoisotopic (exact) mass is 252 g/mol. The number of hydrogen-bond donors (Lipinski definition) is 3. The third-order valence-electron chi connectivity index (χ3n) is 2.34. The molecule has 0 saturated heterocycles. The van der Waals surface area contributed by atoms with E-state index in [4.69, 9.17) is 5.11 Å². The molecule has 0 aliphatic heterocycles. The van der Waals surface area contributed by atoms with Crippen LogP contribution >= 0.6 is 0 Å². The van der Waals surface area contributed by atoms with Crippen LogP contribution in [0.1, 0.15) is 39.5 Å². The summed E-state index contributed by atoms with van der Waals surface area (Å²) in [6, 6.07) is 0. The summed E-state index contributed by atoms with van der Waals surface area (Å²) in [5.41, 5.74) is 0. The minimum atomic E-state index is -3.36. The predicted octanol–water partition coefficient (Wildman–Crippen LogP) is 0.619. The Balaban J connectivity index is 3.97. The van der Waals surface area contributed by atoms with Crippen LogP contribution in [0.25, 0.3) is 0 Å². The molecule has 0 radical (unpaired) electrons. The topological polar surface area (TPSA) is 78.4 Å². The normalized spacial score (nSPS) is 13.9. The van der Waals surface area contributed by atoms with Gasteiger partial charge in [-0.05, 0) is 25.2 Å². The van der Waals surface area contributed by atoms with E-state index >= 15 is 0 Å². The molecule has 0 heterocycles. The van der Waals surface area contributed by atoms with Crippen molar-refractivity contribution in [3.05, 3.63) is 0 Å². The van der Waals surface area contributed by atoms with Gasteiger partial charge >= 0.3 is 0 Å². The third kappa shape index (κ3) is 8.04. The van der Waals surface area contributed by atoms with Gasteiger partial charge in [-0.2, -0.15) is 8.42 Å². The first kappa shape index (κ1) is 15.8.